The molecule has 0 unspecified atom stereocenters. The number of ether oxygens (including phenoxy) is 3. The van der Waals surface area contributed by atoms with E-state index in [0.29, 0.717) is 30.1 Å². The predicted octanol–water partition coefficient (Wildman–Crippen LogP) is 4.27. The molecule has 31 heavy (non-hydrogen) atoms. The van der Waals surface area contributed by atoms with Gasteiger partial charge in [0.05, 0.1) is 26.0 Å². The van der Waals surface area contributed by atoms with Crippen molar-refractivity contribution in [1.82, 2.24) is 14.8 Å². The number of hydrogen-bond acceptors (Lipinski definition) is 6. The first-order valence-corrected chi connectivity index (χ1v) is 10.8. The molecule has 7 nitrogen and oxygen atoms in total. The topological polar surface area (TPSA) is 78.6 Å². The Morgan fingerprint density at radius 1 is 0.935 bits per heavy atom. The monoisotopic (exact) mass is 423 g/mol. The van der Waals surface area contributed by atoms with Crippen LogP contribution in [0.25, 0.3) is 17.1 Å². The Morgan fingerprint density at radius 2 is 1.65 bits per heavy atom. The summed E-state index contributed by atoms with van der Waals surface area (Å²) in [6.45, 7) is 0.899. The second-order valence-electron chi connectivity index (χ2n) is 7.74. The maximum atomic E-state index is 8.94. The number of aromatic nitrogens is 3. The van der Waals surface area contributed by atoms with Crippen LogP contribution in [0.4, 0.5) is 0 Å². The van der Waals surface area contributed by atoms with E-state index in [1.165, 1.54) is 32.1 Å². The Balaban J connectivity index is 1.60. The van der Waals surface area contributed by atoms with Crippen molar-refractivity contribution < 1.29 is 19.3 Å². The number of benzene rings is 2. The van der Waals surface area contributed by atoms with Gasteiger partial charge >= 0.3 is 6.01 Å². The van der Waals surface area contributed by atoms with Gasteiger partial charge in [-0.2, -0.15) is 4.98 Å². The maximum Gasteiger partial charge on any atom is 0.336 e. The number of nitrogens with zero attached hydrogens (tertiary/aromatic N) is 3. The van der Waals surface area contributed by atoms with E-state index in [2.05, 4.69) is 5.10 Å². The van der Waals surface area contributed by atoms with Gasteiger partial charge < -0.3 is 19.3 Å². The summed E-state index contributed by atoms with van der Waals surface area (Å²) >= 11 is 0. The summed E-state index contributed by atoms with van der Waals surface area (Å²) in [5.41, 5.74) is 1.77. The Kier molecular flexibility index (Phi) is 7.04. The molecule has 7 heteroatoms. The zero-order valence-corrected chi connectivity index (χ0v) is 17.9. The van der Waals surface area contributed by atoms with Crippen molar-refractivity contribution in [3.05, 3.63) is 48.5 Å². The van der Waals surface area contributed by atoms with Gasteiger partial charge in [0.15, 0.2) is 5.82 Å². The fraction of sp³-hybridized carbons (Fsp3) is 0.417. The van der Waals surface area contributed by atoms with E-state index in [-0.39, 0.29) is 13.2 Å². The first-order chi connectivity index (χ1) is 15.3. The molecule has 0 aliphatic heterocycles. The molecule has 0 spiro atoms. The van der Waals surface area contributed by atoms with Crippen LogP contribution >= 0.6 is 0 Å². The van der Waals surface area contributed by atoms with Gasteiger partial charge in [0.1, 0.15) is 18.1 Å². The van der Waals surface area contributed by atoms with Gasteiger partial charge in [0, 0.05) is 5.56 Å². The van der Waals surface area contributed by atoms with E-state index in [0.717, 1.165) is 17.0 Å². The van der Waals surface area contributed by atoms with Gasteiger partial charge in [-0.25, -0.2) is 4.68 Å². The fourth-order valence-corrected chi connectivity index (χ4v) is 3.85. The van der Waals surface area contributed by atoms with Gasteiger partial charge in [0.2, 0.25) is 0 Å². The molecule has 0 bridgehead atoms. The van der Waals surface area contributed by atoms with Gasteiger partial charge in [-0.1, -0.05) is 19.3 Å². The van der Waals surface area contributed by atoms with Crippen molar-refractivity contribution in [2.75, 3.05) is 26.9 Å². The van der Waals surface area contributed by atoms with Crippen molar-refractivity contribution in [2.24, 2.45) is 5.92 Å². The lowest BCUT2D eigenvalue weighted by Gasteiger charge is -2.20. The highest BCUT2D eigenvalue weighted by Gasteiger charge is 2.18. The number of methoxy groups -OCH3 is 1. The molecule has 3 aromatic rings. The third-order valence-electron chi connectivity index (χ3n) is 5.55. The molecule has 0 radical (unpaired) electrons. The molecule has 0 amide bonds. The summed E-state index contributed by atoms with van der Waals surface area (Å²) in [5, 5.41) is 13.6. The van der Waals surface area contributed by atoms with Crippen LogP contribution in [-0.4, -0.2) is 46.8 Å². The van der Waals surface area contributed by atoms with Crippen molar-refractivity contribution in [3.63, 3.8) is 0 Å². The van der Waals surface area contributed by atoms with Gasteiger partial charge in [-0.15, -0.1) is 5.10 Å². The molecular weight excluding hydrogens is 394 g/mol. The normalized spacial score (nSPS) is 14.4. The van der Waals surface area contributed by atoms with Crippen LogP contribution in [0.1, 0.15) is 32.1 Å². The highest BCUT2D eigenvalue weighted by Crippen LogP contribution is 2.28. The average Bonchev–Trinajstić information content (AvgIpc) is 3.27. The van der Waals surface area contributed by atoms with Crippen LogP contribution in [-0.2, 0) is 0 Å². The van der Waals surface area contributed by atoms with E-state index in [9.17, 15) is 0 Å². The molecule has 1 aromatic heterocycles. The Bertz CT molecular complexity index is 948. The predicted molar refractivity (Wildman–Crippen MR) is 118 cm³/mol. The van der Waals surface area contributed by atoms with Crippen LogP contribution in [0.3, 0.4) is 0 Å². The summed E-state index contributed by atoms with van der Waals surface area (Å²) in [4.78, 5) is 4.69. The van der Waals surface area contributed by atoms with Crippen LogP contribution in [0, 0.1) is 5.92 Å². The van der Waals surface area contributed by atoms with E-state index < -0.39 is 0 Å². The number of aliphatic hydroxyl groups is 1. The third kappa shape index (κ3) is 5.35. The van der Waals surface area contributed by atoms with E-state index in [1.807, 2.05) is 48.5 Å². The summed E-state index contributed by atoms with van der Waals surface area (Å²) in [6.07, 6.45) is 6.29. The largest absolute Gasteiger partial charge is 0.497 e. The highest BCUT2D eigenvalue weighted by molar-refractivity contribution is 5.59. The first kappa shape index (κ1) is 21.2. The standard InChI is InChI=1S/C24H29N3O4/c1-29-21-13-9-20(10-14-21)27-23(19-7-11-22(12-8-19)30-16-15-28)25-24(26-27)31-17-18-5-3-2-4-6-18/h7-14,18,28H,2-6,15-17H2,1H3. The fourth-order valence-electron chi connectivity index (χ4n) is 3.85. The number of hydrogen-bond donors (Lipinski definition) is 1. The van der Waals surface area contributed by atoms with Gasteiger partial charge in [-0.05, 0) is 67.3 Å². The van der Waals surface area contributed by atoms with Crippen molar-refractivity contribution in [3.8, 4) is 34.6 Å². The average molecular weight is 424 g/mol. The van der Waals surface area contributed by atoms with Gasteiger partial charge in [0.25, 0.3) is 0 Å². The smallest absolute Gasteiger partial charge is 0.336 e. The SMILES string of the molecule is COc1ccc(-n2nc(OCC3CCCCC3)nc2-c2ccc(OCCO)cc2)cc1. The lowest BCUT2D eigenvalue weighted by atomic mass is 9.90. The minimum absolute atomic E-state index is 0.0186. The lowest BCUT2D eigenvalue weighted by Crippen LogP contribution is -2.15. The van der Waals surface area contributed by atoms with Gasteiger partial charge in [-0.3, -0.25) is 0 Å². The molecule has 1 aliphatic rings. The zero-order valence-electron chi connectivity index (χ0n) is 17.9. The molecule has 2 aromatic carbocycles. The number of rotatable bonds is 9. The van der Waals surface area contributed by atoms with Crippen LogP contribution in [0.15, 0.2) is 48.5 Å². The van der Waals surface area contributed by atoms with E-state index in [1.54, 1.807) is 11.8 Å². The van der Waals surface area contributed by atoms with E-state index in [4.69, 9.17) is 24.3 Å². The van der Waals surface area contributed by atoms with Crippen LogP contribution < -0.4 is 14.2 Å². The number of aliphatic hydroxyl groups excluding tert-OH is 1. The molecular formula is C24H29N3O4. The summed E-state index contributed by atoms with van der Waals surface area (Å²) in [5.74, 6) is 2.75. The Labute approximate surface area is 182 Å². The van der Waals surface area contributed by atoms with Crippen molar-refractivity contribution in [2.45, 2.75) is 32.1 Å². The molecule has 4 rings (SSSR count). The summed E-state index contributed by atoms with van der Waals surface area (Å²) in [7, 11) is 1.65. The molecule has 1 aliphatic carbocycles. The van der Waals surface area contributed by atoms with Crippen molar-refractivity contribution in [1.29, 1.82) is 0 Å². The van der Waals surface area contributed by atoms with Crippen LogP contribution in [0.2, 0.25) is 0 Å². The minimum atomic E-state index is -0.0186. The van der Waals surface area contributed by atoms with E-state index >= 15 is 0 Å². The second kappa shape index (κ2) is 10.3. The molecule has 164 valence electrons. The lowest BCUT2D eigenvalue weighted by molar-refractivity contribution is 0.196. The molecule has 1 N–H and O–H groups in total. The van der Waals surface area contributed by atoms with Crippen molar-refractivity contribution >= 4 is 0 Å². The Hall–Kier alpha value is -3.06. The Morgan fingerprint density at radius 3 is 2.32 bits per heavy atom. The molecule has 1 fully saturated rings. The van der Waals surface area contributed by atoms with Crippen LogP contribution in [0.5, 0.6) is 17.5 Å². The minimum Gasteiger partial charge on any atom is -0.497 e. The first-order valence-electron chi connectivity index (χ1n) is 10.8. The quantitative estimate of drug-likeness (QED) is 0.554. The highest BCUT2D eigenvalue weighted by atomic mass is 16.5. The molecule has 0 saturated heterocycles. The summed E-state index contributed by atoms with van der Waals surface area (Å²) in [6, 6.07) is 15.7. The maximum absolute atomic E-state index is 8.94. The third-order valence-corrected chi connectivity index (χ3v) is 5.55. The molecule has 1 heterocycles. The second-order valence-corrected chi connectivity index (χ2v) is 7.74. The zero-order chi connectivity index (χ0) is 21.5. The molecule has 0 atom stereocenters. The molecule has 1 saturated carbocycles. The summed E-state index contributed by atoms with van der Waals surface area (Å²) < 4.78 is 18.5.